The molecule has 33 heavy (non-hydrogen) atoms. The molecule has 7 nitrogen and oxygen atoms in total. The van der Waals surface area contributed by atoms with Gasteiger partial charge in [0.2, 0.25) is 5.91 Å². The molecular weight excluding hydrogens is 526 g/mol. The number of amides is 2. The van der Waals surface area contributed by atoms with E-state index >= 15 is 0 Å². The van der Waals surface area contributed by atoms with Crippen LogP contribution < -0.4 is 10.6 Å². The van der Waals surface area contributed by atoms with Crippen molar-refractivity contribution >= 4 is 56.8 Å². The fourth-order valence-corrected chi connectivity index (χ4v) is 4.44. The zero-order chi connectivity index (χ0) is 24.1. The molecular formula is C23H25BrClN5O2S. The Hall–Kier alpha value is -2.36. The van der Waals surface area contributed by atoms with Gasteiger partial charge in [0.05, 0.1) is 11.8 Å². The minimum Gasteiger partial charge on any atom is -0.342 e. The Balaban J connectivity index is 1.60. The Kier molecular flexibility index (Phi) is 8.56. The van der Waals surface area contributed by atoms with Gasteiger partial charge in [0.25, 0.3) is 5.91 Å². The van der Waals surface area contributed by atoms with Crippen molar-refractivity contribution in [3.63, 3.8) is 0 Å². The maximum atomic E-state index is 12.6. The number of aromatic nitrogens is 3. The molecule has 0 unspecified atom stereocenters. The van der Waals surface area contributed by atoms with Crippen LogP contribution in [0.2, 0.25) is 5.02 Å². The third-order valence-corrected chi connectivity index (χ3v) is 6.72. The average Bonchev–Trinajstić information content (AvgIpc) is 3.14. The van der Waals surface area contributed by atoms with Crippen LogP contribution in [0.4, 0.5) is 5.69 Å². The van der Waals surface area contributed by atoms with Crippen LogP contribution >= 0.6 is 39.3 Å². The molecule has 0 aliphatic carbocycles. The quantitative estimate of drug-likeness (QED) is 0.358. The standard InChI is InChI=1S/C23H25BrClN5O2S/c1-13(2)18-11-16(24)7-10-19(18)27-20(31)12-33-23-29-28-21(30(23)4)14(3)26-22(32)15-5-8-17(25)9-6-15/h5-11,13-14H,12H2,1-4H3,(H,26,32)(H,27,31)/t14-/m0/s1. The molecule has 0 saturated heterocycles. The lowest BCUT2D eigenvalue weighted by molar-refractivity contribution is -0.113. The van der Waals surface area contributed by atoms with Crippen LogP contribution in [0.5, 0.6) is 0 Å². The van der Waals surface area contributed by atoms with Crippen molar-refractivity contribution < 1.29 is 9.59 Å². The average molecular weight is 551 g/mol. The number of halogens is 2. The molecule has 2 aromatic carbocycles. The number of hydrogen-bond donors (Lipinski definition) is 2. The Morgan fingerprint density at radius 1 is 1.12 bits per heavy atom. The molecule has 10 heteroatoms. The van der Waals surface area contributed by atoms with E-state index in [0.29, 0.717) is 21.6 Å². The third kappa shape index (κ3) is 6.59. The summed E-state index contributed by atoms with van der Waals surface area (Å²) in [6, 6.07) is 12.1. The van der Waals surface area contributed by atoms with E-state index in [4.69, 9.17) is 11.6 Å². The van der Waals surface area contributed by atoms with E-state index < -0.39 is 0 Å². The van der Waals surface area contributed by atoms with E-state index in [1.165, 1.54) is 11.8 Å². The molecule has 0 bridgehead atoms. The van der Waals surface area contributed by atoms with Gasteiger partial charge in [-0.05, 0) is 60.9 Å². The Bertz CT molecular complexity index is 1150. The molecule has 3 rings (SSSR count). The zero-order valence-corrected chi connectivity index (χ0v) is 21.9. The molecule has 0 spiro atoms. The molecule has 1 aromatic heterocycles. The van der Waals surface area contributed by atoms with Gasteiger partial charge in [0.1, 0.15) is 0 Å². The number of nitrogens with one attached hydrogen (secondary N) is 2. The highest BCUT2D eigenvalue weighted by atomic mass is 79.9. The topological polar surface area (TPSA) is 88.9 Å². The summed E-state index contributed by atoms with van der Waals surface area (Å²) in [4.78, 5) is 25.0. The van der Waals surface area contributed by atoms with Crippen molar-refractivity contribution in [3.8, 4) is 0 Å². The molecule has 0 aliphatic heterocycles. The Labute approximate surface area is 210 Å². The van der Waals surface area contributed by atoms with Crippen molar-refractivity contribution in [2.45, 2.75) is 37.9 Å². The maximum absolute atomic E-state index is 12.6. The molecule has 3 aromatic rings. The van der Waals surface area contributed by atoms with Gasteiger partial charge >= 0.3 is 0 Å². The molecule has 174 valence electrons. The first kappa shape index (κ1) is 25.3. The van der Waals surface area contributed by atoms with Crippen molar-refractivity contribution in [1.29, 1.82) is 0 Å². The number of anilines is 1. The molecule has 0 aliphatic rings. The second-order valence-corrected chi connectivity index (χ2v) is 10.1. The van der Waals surface area contributed by atoms with Gasteiger partial charge in [-0.1, -0.05) is 53.1 Å². The Morgan fingerprint density at radius 3 is 2.48 bits per heavy atom. The number of hydrogen-bond acceptors (Lipinski definition) is 5. The van der Waals surface area contributed by atoms with Gasteiger partial charge in [-0.2, -0.15) is 0 Å². The highest BCUT2D eigenvalue weighted by Gasteiger charge is 2.19. The summed E-state index contributed by atoms with van der Waals surface area (Å²) in [5, 5.41) is 15.4. The van der Waals surface area contributed by atoms with Gasteiger partial charge in [-0.3, -0.25) is 9.59 Å². The molecule has 1 atom stereocenters. The summed E-state index contributed by atoms with van der Waals surface area (Å²) in [5.74, 6) is 0.695. The predicted octanol–water partition coefficient (Wildman–Crippen LogP) is 5.58. The summed E-state index contributed by atoms with van der Waals surface area (Å²) in [6.07, 6.45) is 0. The lowest BCUT2D eigenvalue weighted by Crippen LogP contribution is -2.28. The summed E-state index contributed by atoms with van der Waals surface area (Å²) < 4.78 is 2.76. The normalized spacial score (nSPS) is 12.0. The van der Waals surface area contributed by atoms with Gasteiger partial charge in [-0.25, -0.2) is 0 Å². The number of carbonyl (C=O) groups is 2. The summed E-state index contributed by atoms with van der Waals surface area (Å²) >= 11 is 10.6. The maximum Gasteiger partial charge on any atom is 0.251 e. The fraction of sp³-hybridized carbons (Fsp3) is 0.304. The highest BCUT2D eigenvalue weighted by Crippen LogP contribution is 2.28. The number of benzene rings is 2. The lowest BCUT2D eigenvalue weighted by atomic mass is 10.0. The molecule has 0 saturated carbocycles. The SMILES string of the molecule is CC(C)c1cc(Br)ccc1NC(=O)CSc1nnc([C@H](C)NC(=O)c2ccc(Cl)cc2)n1C. The van der Waals surface area contributed by atoms with Crippen molar-refractivity contribution in [1.82, 2.24) is 20.1 Å². The minimum atomic E-state index is -0.370. The van der Waals surface area contributed by atoms with E-state index in [1.54, 1.807) is 28.8 Å². The summed E-state index contributed by atoms with van der Waals surface area (Å²) in [6.45, 7) is 6.00. The first-order chi connectivity index (χ1) is 15.7. The molecule has 0 fully saturated rings. The first-order valence-corrected chi connectivity index (χ1v) is 12.5. The molecule has 2 N–H and O–H groups in total. The number of nitrogens with zero attached hydrogens (tertiary/aromatic N) is 3. The number of rotatable bonds is 8. The molecule has 2 amide bonds. The largest absolute Gasteiger partial charge is 0.342 e. The van der Waals surface area contributed by atoms with E-state index in [1.807, 2.05) is 32.2 Å². The van der Waals surface area contributed by atoms with Gasteiger partial charge in [0.15, 0.2) is 11.0 Å². The summed E-state index contributed by atoms with van der Waals surface area (Å²) in [7, 11) is 1.81. The summed E-state index contributed by atoms with van der Waals surface area (Å²) in [5.41, 5.74) is 2.37. The van der Waals surface area contributed by atoms with Crippen LogP contribution in [-0.4, -0.2) is 32.3 Å². The van der Waals surface area contributed by atoms with Crippen LogP contribution in [0.15, 0.2) is 52.1 Å². The fourth-order valence-electron chi connectivity index (χ4n) is 3.22. The van der Waals surface area contributed by atoms with Crippen LogP contribution in [0.1, 0.15) is 54.5 Å². The zero-order valence-electron chi connectivity index (χ0n) is 18.7. The third-order valence-electron chi connectivity index (χ3n) is 4.95. The molecule has 0 radical (unpaired) electrons. The predicted molar refractivity (Wildman–Crippen MR) is 136 cm³/mol. The first-order valence-electron chi connectivity index (χ1n) is 10.3. The van der Waals surface area contributed by atoms with Crippen molar-refractivity contribution in [2.75, 3.05) is 11.1 Å². The van der Waals surface area contributed by atoms with Gasteiger partial charge in [-0.15, -0.1) is 10.2 Å². The van der Waals surface area contributed by atoms with Gasteiger partial charge < -0.3 is 15.2 Å². The van der Waals surface area contributed by atoms with Crippen LogP contribution in [0.25, 0.3) is 0 Å². The number of carbonyl (C=O) groups excluding carboxylic acids is 2. The van der Waals surface area contributed by atoms with Crippen molar-refractivity contribution in [2.24, 2.45) is 7.05 Å². The molecule has 1 heterocycles. The second kappa shape index (κ2) is 11.2. The minimum absolute atomic E-state index is 0.127. The smallest absolute Gasteiger partial charge is 0.251 e. The van der Waals surface area contributed by atoms with Crippen LogP contribution in [-0.2, 0) is 11.8 Å². The second-order valence-electron chi connectivity index (χ2n) is 7.82. The monoisotopic (exact) mass is 549 g/mol. The van der Waals surface area contributed by atoms with Gasteiger partial charge in [0, 0.05) is 27.8 Å². The van der Waals surface area contributed by atoms with E-state index in [2.05, 4.69) is 50.6 Å². The number of thioether (sulfide) groups is 1. The van der Waals surface area contributed by atoms with E-state index in [9.17, 15) is 9.59 Å². The van der Waals surface area contributed by atoms with E-state index in [-0.39, 0.29) is 29.5 Å². The Morgan fingerprint density at radius 2 is 1.82 bits per heavy atom. The van der Waals surface area contributed by atoms with Crippen LogP contribution in [0.3, 0.4) is 0 Å². The highest BCUT2D eigenvalue weighted by molar-refractivity contribution is 9.10. The van der Waals surface area contributed by atoms with Crippen LogP contribution in [0, 0.1) is 0 Å². The lowest BCUT2D eigenvalue weighted by Gasteiger charge is -2.15. The van der Waals surface area contributed by atoms with E-state index in [0.717, 1.165) is 15.7 Å². The van der Waals surface area contributed by atoms with Crippen molar-refractivity contribution in [3.05, 3.63) is 68.9 Å².